The van der Waals surface area contributed by atoms with Gasteiger partial charge in [0.25, 0.3) is 11.1 Å². The molecule has 1 aliphatic carbocycles. The Labute approximate surface area is 207 Å². The summed E-state index contributed by atoms with van der Waals surface area (Å²) in [5.41, 5.74) is 0.971. The fraction of sp³-hybridized carbons (Fsp3) is 0.625. The second-order valence-corrected chi connectivity index (χ2v) is 11.7. The number of alkyl halides is 2. The van der Waals surface area contributed by atoms with Gasteiger partial charge in [-0.25, -0.2) is 18.7 Å². The molecule has 10 heteroatoms. The number of amides is 1. The maximum Gasteiger partial charge on any atom is 0.278 e. The molecule has 2 aliphatic rings. The van der Waals surface area contributed by atoms with Crippen molar-refractivity contribution in [1.29, 1.82) is 0 Å². The number of aromatic nitrogens is 2. The molecule has 0 unspecified atom stereocenters. The highest BCUT2D eigenvalue weighted by atomic mass is 32.1. The molecule has 0 saturated heterocycles. The first-order chi connectivity index (χ1) is 16.2. The van der Waals surface area contributed by atoms with Gasteiger partial charge in [-0.3, -0.25) is 9.69 Å². The van der Waals surface area contributed by atoms with Crippen LogP contribution in [0.15, 0.2) is 12.3 Å². The van der Waals surface area contributed by atoms with Gasteiger partial charge in [0.15, 0.2) is 6.61 Å². The largest absolute Gasteiger partial charge is 0.464 e. The molecule has 6 nitrogen and oxygen atoms in total. The number of nitrogens with one attached hydrogen (secondary N) is 1. The standard InChI is InChI=1S/C24H32F2N4O2S2/c1-16-27-13-19(33-16)7-8-22(31)28-18-5-3-17(4-6-18)9-11-30-12-10-21-20(14-30)29-23(34-21)32-15-24(2,25)26/h7-8,13,17-18H,3-6,9-12,14-15H2,1-2H3,(H,28,31)/b8-7+. The van der Waals surface area contributed by atoms with E-state index in [-0.39, 0.29) is 11.9 Å². The Morgan fingerprint density at radius 1 is 1.32 bits per heavy atom. The lowest BCUT2D eigenvalue weighted by Gasteiger charge is -2.31. The molecule has 0 spiro atoms. The molecule has 1 saturated carbocycles. The van der Waals surface area contributed by atoms with Crippen LogP contribution in [0.2, 0.25) is 0 Å². The number of halogens is 2. The fourth-order valence-electron chi connectivity index (χ4n) is 4.49. The normalized spacial score (nSPS) is 21.5. The van der Waals surface area contributed by atoms with Crippen molar-refractivity contribution in [3.05, 3.63) is 32.7 Å². The average Bonchev–Trinajstić information content (AvgIpc) is 3.40. The summed E-state index contributed by atoms with van der Waals surface area (Å²) in [7, 11) is 0. The van der Waals surface area contributed by atoms with E-state index in [0.717, 1.165) is 85.5 Å². The quantitative estimate of drug-likeness (QED) is 0.477. The van der Waals surface area contributed by atoms with E-state index in [1.807, 2.05) is 13.0 Å². The van der Waals surface area contributed by atoms with Crippen molar-refractivity contribution >= 4 is 34.7 Å². The van der Waals surface area contributed by atoms with Crippen LogP contribution in [0.1, 0.15) is 59.5 Å². The maximum absolute atomic E-state index is 13.0. The molecule has 34 heavy (non-hydrogen) atoms. The summed E-state index contributed by atoms with van der Waals surface area (Å²) in [6, 6.07) is 0.248. The van der Waals surface area contributed by atoms with Crippen LogP contribution in [-0.2, 0) is 17.8 Å². The van der Waals surface area contributed by atoms with Gasteiger partial charge in [-0.05, 0) is 64.0 Å². The van der Waals surface area contributed by atoms with Crippen LogP contribution in [0, 0.1) is 12.8 Å². The highest BCUT2D eigenvalue weighted by molar-refractivity contribution is 7.13. The molecule has 2 aromatic heterocycles. The third-order valence-electron chi connectivity index (χ3n) is 6.32. The Morgan fingerprint density at radius 3 is 2.82 bits per heavy atom. The molecular formula is C24H32F2N4O2S2. The van der Waals surface area contributed by atoms with E-state index in [4.69, 9.17) is 4.74 Å². The zero-order chi connectivity index (χ0) is 24.1. The van der Waals surface area contributed by atoms with Crippen molar-refractivity contribution in [2.45, 2.75) is 70.9 Å². The summed E-state index contributed by atoms with van der Waals surface area (Å²) in [6.45, 7) is 4.91. The van der Waals surface area contributed by atoms with Crippen molar-refractivity contribution < 1.29 is 18.3 Å². The molecule has 2 aromatic rings. The van der Waals surface area contributed by atoms with Crippen LogP contribution in [0.5, 0.6) is 5.19 Å². The zero-order valence-electron chi connectivity index (χ0n) is 19.7. The topological polar surface area (TPSA) is 67.4 Å². The molecular weight excluding hydrogens is 478 g/mol. The fourth-order valence-corrected chi connectivity index (χ4v) is 6.09. The van der Waals surface area contributed by atoms with Gasteiger partial charge >= 0.3 is 0 Å². The summed E-state index contributed by atoms with van der Waals surface area (Å²) in [5, 5.41) is 4.48. The van der Waals surface area contributed by atoms with Crippen LogP contribution in [-0.4, -0.2) is 52.4 Å². The number of hydrogen-bond donors (Lipinski definition) is 1. The number of aryl methyl sites for hydroxylation is 1. The number of rotatable bonds is 9. The monoisotopic (exact) mass is 510 g/mol. The van der Waals surface area contributed by atoms with Crippen molar-refractivity contribution in [3.8, 4) is 5.19 Å². The Hall–Kier alpha value is -1.91. The summed E-state index contributed by atoms with van der Waals surface area (Å²) >= 11 is 2.97. The molecule has 3 heterocycles. The van der Waals surface area contributed by atoms with E-state index >= 15 is 0 Å². The van der Waals surface area contributed by atoms with E-state index in [9.17, 15) is 13.6 Å². The van der Waals surface area contributed by atoms with Crippen molar-refractivity contribution in [2.24, 2.45) is 5.92 Å². The third kappa shape index (κ3) is 7.55. The number of fused-ring (bicyclic) bond motifs is 1. The lowest BCUT2D eigenvalue weighted by Crippen LogP contribution is -2.37. The van der Waals surface area contributed by atoms with Gasteiger partial charge in [0, 0.05) is 48.1 Å². The lowest BCUT2D eigenvalue weighted by atomic mass is 9.84. The Kier molecular flexibility index (Phi) is 8.31. The van der Waals surface area contributed by atoms with E-state index < -0.39 is 12.5 Å². The number of carbonyl (C=O) groups excluding carboxylic acids is 1. The van der Waals surface area contributed by atoms with E-state index in [0.29, 0.717) is 11.1 Å². The molecule has 1 N–H and O–H groups in total. The second kappa shape index (κ2) is 11.2. The zero-order valence-corrected chi connectivity index (χ0v) is 21.3. The molecule has 0 atom stereocenters. The molecule has 1 aliphatic heterocycles. The van der Waals surface area contributed by atoms with E-state index in [2.05, 4.69) is 20.2 Å². The molecule has 186 valence electrons. The first-order valence-corrected chi connectivity index (χ1v) is 13.5. The molecule has 1 amide bonds. The molecule has 0 radical (unpaired) electrons. The minimum absolute atomic E-state index is 0.0344. The maximum atomic E-state index is 13.0. The van der Waals surface area contributed by atoms with Crippen LogP contribution in [0.4, 0.5) is 8.78 Å². The summed E-state index contributed by atoms with van der Waals surface area (Å²) < 4.78 is 31.3. The SMILES string of the molecule is Cc1ncc(/C=C/C(=O)NC2CCC(CCN3CCc4sc(OCC(C)(F)F)nc4C3)CC2)s1. The van der Waals surface area contributed by atoms with Crippen LogP contribution in [0.25, 0.3) is 6.08 Å². The minimum Gasteiger partial charge on any atom is -0.464 e. The molecule has 1 fully saturated rings. The summed E-state index contributed by atoms with van der Waals surface area (Å²) in [5.74, 6) is -2.21. The average molecular weight is 511 g/mol. The van der Waals surface area contributed by atoms with E-state index in [1.54, 1.807) is 23.6 Å². The highest BCUT2D eigenvalue weighted by Gasteiger charge is 2.27. The summed E-state index contributed by atoms with van der Waals surface area (Å²) in [6.07, 6.45) is 11.5. The van der Waals surface area contributed by atoms with Crippen LogP contribution >= 0.6 is 22.7 Å². The molecule has 4 rings (SSSR count). The minimum atomic E-state index is -2.85. The third-order valence-corrected chi connectivity index (χ3v) is 8.27. The Balaban J connectivity index is 1.15. The van der Waals surface area contributed by atoms with Gasteiger partial charge < -0.3 is 10.1 Å². The van der Waals surface area contributed by atoms with Gasteiger partial charge in [0.2, 0.25) is 5.91 Å². The van der Waals surface area contributed by atoms with Crippen molar-refractivity contribution in [1.82, 2.24) is 20.2 Å². The number of thiazole rings is 2. The highest BCUT2D eigenvalue weighted by Crippen LogP contribution is 2.32. The first-order valence-electron chi connectivity index (χ1n) is 11.9. The number of nitrogens with zero attached hydrogens (tertiary/aromatic N) is 3. The second-order valence-electron chi connectivity index (χ2n) is 9.36. The first kappa shape index (κ1) is 25.2. The lowest BCUT2D eigenvalue weighted by molar-refractivity contribution is -0.117. The van der Waals surface area contributed by atoms with Crippen LogP contribution in [0.3, 0.4) is 0 Å². The number of hydrogen-bond acceptors (Lipinski definition) is 7. The number of carbonyl (C=O) groups is 1. The van der Waals surface area contributed by atoms with Crippen LogP contribution < -0.4 is 10.1 Å². The van der Waals surface area contributed by atoms with Gasteiger partial charge in [0.05, 0.1) is 10.7 Å². The predicted molar refractivity (Wildman–Crippen MR) is 132 cm³/mol. The predicted octanol–water partition coefficient (Wildman–Crippen LogP) is 5.08. The molecule has 0 bridgehead atoms. The number of ether oxygens (including phenoxy) is 1. The van der Waals surface area contributed by atoms with E-state index in [1.165, 1.54) is 11.3 Å². The molecule has 0 aromatic carbocycles. The van der Waals surface area contributed by atoms with Crippen molar-refractivity contribution in [2.75, 3.05) is 19.7 Å². The summed E-state index contributed by atoms with van der Waals surface area (Å²) in [4.78, 5) is 25.4. The van der Waals surface area contributed by atoms with Gasteiger partial charge in [-0.15, -0.1) is 11.3 Å². The smallest absolute Gasteiger partial charge is 0.278 e. The Morgan fingerprint density at radius 2 is 2.12 bits per heavy atom. The van der Waals surface area contributed by atoms with Gasteiger partial charge in [-0.1, -0.05) is 11.3 Å². The Bertz CT molecular complexity index is 994. The van der Waals surface area contributed by atoms with Crippen molar-refractivity contribution in [3.63, 3.8) is 0 Å². The van der Waals surface area contributed by atoms with Gasteiger partial charge in [0.1, 0.15) is 0 Å². The van der Waals surface area contributed by atoms with Gasteiger partial charge in [-0.2, -0.15) is 0 Å².